The summed E-state index contributed by atoms with van der Waals surface area (Å²) in [7, 11) is -1.88. The van der Waals surface area contributed by atoms with Crippen molar-refractivity contribution in [3.8, 4) is 0 Å². The lowest BCUT2D eigenvalue weighted by Crippen LogP contribution is -2.26. The third-order valence-corrected chi connectivity index (χ3v) is 6.25. The molecule has 2 rings (SSSR count). The average Bonchev–Trinajstić information content (AvgIpc) is 2.95. The molecule has 0 spiro atoms. The maximum atomic E-state index is 12.5. The molecule has 0 unspecified atom stereocenters. The molecule has 0 aromatic carbocycles. The molecule has 0 aliphatic carbocycles. The number of hydrogen-bond acceptors (Lipinski definition) is 5. The molecule has 0 saturated heterocycles. The van der Waals surface area contributed by atoms with Crippen LogP contribution in [0.4, 0.5) is 0 Å². The van der Waals surface area contributed by atoms with E-state index in [4.69, 9.17) is 0 Å². The van der Waals surface area contributed by atoms with Crippen molar-refractivity contribution in [2.45, 2.75) is 24.2 Å². The van der Waals surface area contributed by atoms with Crippen LogP contribution in [-0.2, 0) is 23.1 Å². The summed E-state index contributed by atoms with van der Waals surface area (Å²) in [6, 6.07) is 7.21. The number of pyridine rings is 1. The average molecular weight is 325 g/mol. The summed E-state index contributed by atoms with van der Waals surface area (Å²) < 4.78 is 26.7. The smallest absolute Gasteiger partial charge is 0.252 e. The van der Waals surface area contributed by atoms with E-state index in [1.54, 1.807) is 19.3 Å². The van der Waals surface area contributed by atoms with Crippen LogP contribution in [0.15, 0.2) is 40.1 Å². The van der Waals surface area contributed by atoms with Crippen molar-refractivity contribution in [2.75, 3.05) is 13.6 Å². The van der Waals surface area contributed by atoms with Crippen LogP contribution in [0.3, 0.4) is 0 Å². The number of hydrogen-bond donors (Lipinski definition) is 1. The number of sulfonamides is 1. The molecule has 0 atom stereocenters. The number of rotatable bonds is 7. The molecule has 2 aromatic heterocycles. The van der Waals surface area contributed by atoms with Crippen molar-refractivity contribution < 1.29 is 8.42 Å². The lowest BCUT2D eigenvalue weighted by atomic mass is 10.3. The number of aromatic nitrogens is 1. The highest BCUT2D eigenvalue weighted by molar-refractivity contribution is 7.91. The molecule has 5 nitrogen and oxygen atoms in total. The van der Waals surface area contributed by atoms with Gasteiger partial charge in [-0.1, -0.05) is 13.0 Å². The minimum Gasteiger partial charge on any atom is -0.313 e. The monoisotopic (exact) mass is 325 g/mol. The van der Waals surface area contributed by atoms with Crippen molar-refractivity contribution in [3.63, 3.8) is 0 Å². The molecular weight excluding hydrogens is 306 g/mol. The minimum absolute atomic E-state index is 0.267. The SMILES string of the molecule is CCNCc1csc(S(=O)(=O)N(C)Cc2ccccn2)c1. The predicted molar refractivity (Wildman–Crippen MR) is 84.6 cm³/mol. The first-order valence-electron chi connectivity index (χ1n) is 6.68. The maximum Gasteiger partial charge on any atom is 0.252 e. The summed E-state index contributed by atoms with van der Waals surface area (Å²) in [6.07, 6.45) is 1.66. The van der Waals surface area contributed by atoms with Gasteiger partial charge < -0.3 is 5.32 Å². The van der Waals surface area contributed by atoms with Crippen molar-refractivity contribution in [3.05, 3.63) is 47.1 Å². The van der Waals surface area contributed by atoms with Crippen LogP contribution in [-0.4, -0.2) is 31.3 Å². The summed E-state index contributed by atoms with van der Waals surface area (Å²) >= 11 is 1.26. The zero-order valence-electron chi connectivity index (χ0n) is 12.1. The zero-order chi connectivity index (χ0) is 15.3. The second kappa shape index (κ2) is 7.13. The fraction of sp³-hybridized carbons (Fsp3) is 0.357. The van der Waals surface area contributed by atoms with Gasteiger partial charge >= 0.3 is 0 Å². The van der Waals surface area contributed by atoms with Crippen molar-refractivity contribution in [1.29, 1.82) is 0 Å². The van der Waals surface area contributed by atoms with Crippen LogP contribution >= 0.6 is 11.3 Å². The Morgan fingerprint density at radius 3 is 2.86 bits per heavy atom. The van der Waals surface area contributed by atoms with Crippen LogP contribution < -0.4 is 5.32 Å². The topological polar surface area (TPSA) is 62.3 Å². The summed E-state index contributed by atoms with van der Waals surface area (Å²) in [5.41, 5.74) is 1.72. The third-order valence-electron chi connectivity index (χ3n) is 2.98. The first-order chi connectivity index (χ1) is 10.0. The van der Waals surface area contributed by atoms with Crippen molar-refractivity contribution >= 4 is 21.4 Å². The van der Waals surface area contributed by atoms with E-state index in [2.05, 4.69) is 10.3 Å². The quantitative estimate of drug-likeness (QED) is 0.846. The highest BCUT2D eigenvalue weighted by atomic mass is 32.2. The second-order valence-electron chi connectivity index (χ2n) is 4.64. The van der Waals surface area contributed by atoms with Gasteiger partial charge in [0.15, 0.2) is 0 Å². The molecule has 0 fully saturated rings. The van der Waals surface area contributed by atoms with Crippen LogP contribution in [0.5, 0.6) is 0 Å². The number of thiophene rings is 1. The van der Waals surface area contributed by atoms with Gasteiger partial charge in [0, 0.05) is 19.8 Å². The Labute approximate surface area is 129 Å². The molecule has 0 saturated carbocycles. The van der Waals surface area contributed by atoms with E-state index in [1.807, 2.05) is 30.5 Å². The summed E-state index contributed by atoms with van der Waals surface area (Å²) in [4.78, 5) is 4.16. The van der Waals surface area contributed by atoms with E-state index in [0.29, 0.717) is 10.8 Å². The summed E-state index contributed by atoms with van der Waals surface area (Å²) in [5.74, 6) is 0. The molecule has 7 heteroatoms. The molecule has 0 radical (unpaired) electrons. The number of nitrogens with zero attached hydrogens (tertiary/aromatic N) is 2. The summed E-state index contributed by atoms with van der Waals surface area (Å²) in [6.45, 7) is 3.83. The van der Waals surface area contributed by atoms with E-state index < -0.39 is 10.0 Å². The van der Waals surface area contributed by atoms with Crippen molar-refractivity contribution in [1.82, 2.24) is 14.6 Å². The Hall–Kier alpha value is -1.28. The van der Waals surface area contributed by atoms with Gasteiger partial charge in [0.05, 0.1) is 12.2 Å². The lowest BCUT2D eigenvalue weighted by molar-refractivity contribution is 0.464. The van der Waals surface area contributed by atoms with Crippen LogP contribution in [0.2, 0.25) is 0 Å². The Morgan fingerprint density at radius 1 is 1.38 bits per heavy atom. The number of nitrogens with one attached hydrogen (secondary N) is 1. The van der Waals surface area contributed by atoms with E-state index >= 15 is 0 Å². The van der Waals surface area contributed by atoms with Gasteiger partial charge in [0.25, 0.3) is 10.0 Å². The molecule has 2 heterocycles. The molecule has 2 aromatic rings. The molecule has 0 aliphatic rings. The van der Waals surface area contributed by atoms with E-state index in [9.17, 15) is 8.42 Å². The highest BCUT2D eigenvalue weighted by Gasteiger charge is 2.23. The fourth-order valence-electron chi connectivity index (χ4n) is 1.81. The minimum atomic E-state index is -3.46. The standard InChI is InChI=1S/C14H19N3O2S2/c1-3-15-9-12-8-14(20-11-12)21(18,19)17(2)10-13-6-4-5-7-16-13/h4-8,11,15H,3,9-10H2,1-2H3. The van der Waals surface area contributed by atoms with Gasteiger partial charge in [-0.15, -0.1) is 11.3 Å². The van der Waals surface area contributed by atoms with E-state index in [-0.39, 0.29) is 6.54 Å². The third kappa shape index (κ3) is 4.10. The van der Waals surface area contributed by atoms with Gasteiger partial charge in [-0.3, -0.25) is 4.98 Å². The Morgan fingerprint density at radius 2 is 2.19 bits per heavy atom. The molecule has 21 heavy (non-hydrogen) atoms. The maximum absolute atomic E-state index is 12.5. The largest absolute Gasteiger partial charge is 0.313 e. The first kappa shape index (κ1) is 16.1. The normalized spacial score (nSPS) is 12.0. The zero-order valence-corrected chi connectivity index (χ0v) is 13.7. The lowest BCUT2D eigenvalue weighted by Gasteiger charge is -2.15. The van der Waals surface area contributed by atoms with Crippen LogP contribution in [0.1, 0.15) is 18.2 Å². The Bertz CT molecular complexity index is 669. The molecule has 0 bridgehead atoms. The summed E-state index contributed by atoms with van der Waals surface area (Å²) in [5, 5.41) is 5.07. The van der Waals surface area contributed by atoms with Gasteiger partial charge in [0.2, 0.25) is 0 Å². The second-order valence-corrected chi connectivity index (χ2v) is 7.82. The van der Waals surface area contributed by atoms with E-state index in [0.717, 1.165) is 17.8 Å². The molecular formula is C14H19N3O2S2. The predicted octanol–water partition coefficient (Wildman–Crippen LogP) is 2.07. The Kier molecular flexibility index (Phi) is 5.46. The van der Waals surface area contributed by atoms with E-state index in [1.165, 1.54) is 15.6 Å². The van der Waals surface area contributed by atoms with Gasteiger partial charge in [-0.05, 0) is 35.7 Å². The molecule has 0 amide bonds. The van der Waals surface area contributed by atoms with Gasteiger partial charge in [0.1, 0.15) is 4.21 Å². The molecule has 0 aliphatic heterocycles. The van der Waals surface area contributed by atoms with Crippen molar-refractivity contribution in [2.24, 2.45) is 0 Å². The highest BCUT2D eigenvalue weighted by Crippen LogP contribution is 2.24. The van der Waals surface area contributed by atoms with Gasteiger partial charge in [-0.25, -0.2) is 8.42 Å². The molecule has 114 valence electrons. The first-order valence-corrected chi connectivity index (χ1v) is 9.00. The van der Waals surface area contributed by atoms with Gasteiger partial charge in [-0.2, -0.15) is 4.31 Å². The Balaban J connectivity index is 2.11. The van der Waals surface area contributed by atoms with Crippen LogP contribution in [0.25, 0.3) is 0 Å². The molecule has 1 N–H and O–H groups in total. The van der Waals surface area contributed by atoms with Crippen LogP contribution in [0, 0.1) is 0 Å². The fourth-order valence-corrected chi connectivity index (χ4v) is 4.37.